The average molecular weight is 213 g/mol. The van der Waals surface area contributed by atoms with E-state index in [0.717, 1.165) is 5.69 Å². The summed E-state index contributed by atoms with van der Waals surface area (Å²) in [6.07, 6.45) is 1.34. The summed E-state index contributed by atoms with van der Waals surface area (Å²) in [7, 11) is -2.74. The number of aromatic nitrogens is 2. The van der Waals surface area contributed by atoms with Crippen LogP contribution in [-0.4, -0.2) is 20.7 Å². The first-order valence-electron chi connectivity index (χ1n) is 4.29. The molecule has 1 aromatic rings. The molecule has 4 nitrogen and oxygen atoms in total. The Kier molecular flexibility index (Phi) is 2.63. The van der Waals surface area contributed by atoms with Gasteiger partial charge in [0.15, 0.2) is 5.03 Å². The molecule has 1 heterocycles. The van der Waals surface area contributed by atoms with Crippen molar-refractivity contribution in [3.8, 4) is 0 Å². The second-order valence-electron chi connectivity index (χ2n) is 4.35. The molecule has 0 unspecified atom stereocenters. The second kappa shape index (κ2) is 3.31. The summed E-state index contributed by atoms with van der Waals surface area (Å²) in [5, 5.41) is 8.01. The Morgan fingerprint density at radius 3 is 2.14 bits per heavy atom. The number of nitrogens with zero attached hydrogens (tertiary/aromatic N) is 2. The van der Waals surface area contributed by atoms with Crippen LogP contribution in [0.1, 0.15) is 26.5 Å². The van der Waals surface area contributed by atoms with Gasteiger partial charge in [0.05, 0.1) is 15.4 Å². The molecule has 0 fully saturated rings. The first kappa shape index (κ1) is 11.1. The van der Waals surface area contributed by atoms with E-state index in [1.54, 1.807) is 12.1 Å². The van der Waals surface area contributed by atoms with E-state index >= 15 is 0 Å². The van der Waals surface area contributed by atoms with Crippen LogP contribution in [-0.2, 0) is 15.1 Å². The zero-order valence-electron chi connectivity index (χ0n) is 8.87. The number of rotatable bonds is 1. The van der Waals surface area contributed by atoms with Gasteiger partial charge >= 0.3 is 0 Å². The third kappa shape index (κ3) is 2.51. The fraction of sp³-hybridized carbons (Fsp3) is 0.556. The fourth-order valence-corrected chi connectivity index (χ4v) is 1.45. The predicted octanol–water partition coefficient (Wildman–Crippen LogP) is 1.81. The van der Waals surface area contributed by atoms with Crippen LogP contribution >= 0.6 is 0 Å². The quantitative estimate of drug-likeness (QED) is 0.773. The van der Waals surface area contributed by atoms with Gasteiger partial charge in [0.2, 0.25) is 0 Å². The normalized spacial score (nSPS) is 16.3. The molecule has 78 valence electrons. The highest BCUT2D eigenvalue weighted by molar-refractivity contribution is 7.91. The molecule has 14 heavy (non-hydrogen) atoms. The SMILES string of the molecule is CC(C)(C)c1ccc([S@](C)(=N)=O)nn1. The molecule has 0 aromatic carbocycles. The Hall–Kier alpha value is -0.970. The lowest BCUT2D eigenvalue weighted by Gasteiger charge is -2.16. The van der Waals surface area contributed by atoms with E-state index in [9.17, 15) is 4.21 Å². The fourth-order valence-electron chi connectivity index (χ4n) is 0.928. The third-order valence-corrected chi connectivity index (χ3v) is 2.82. The van der Waals surface area contributed by atoms with Crippen LogP contribution in [0.4, 0.5) is 0 Å². The van der Waals surface area contributed by atoms with Gasteiger partial charge in [-0.05, 0) is 12.1 Å². The van der Waals surface area contributed by atoms with E-state index in [1.165, 1.54) is 6.26 Å². The van der Waals surface area contributed by atoms with Gasteiger partial charge in [-0.15, -0.1) is 5.10 Å². The van der Waals surface area contributed by atoms with Crippen molar-refractivity contribution >= 4 is 9.73 Å². The second-order valence-corrected chi connectivity index (χ2v) is 6.46. The van der Waals surface area contributed by atoms with Crippen LogP contribution in [0.25, 0.3) is 0 Å². The molecule has 0 saturated heterocycles. The van der Waals surface area contributed by atoms with Crippen molar-refractivity contribution in [3.05, 3.63) is 17.8 Å². The standard InChI is InChI=1S/C9H15N3OS/c1-9(2,3)7-5-6-8(12-11-7)14(4,10)13/h5-6,10H,1-4H3/t14-/m1/s1. The number of hydrogen-bond acceptors (Lipinski definition) is 4. The molecule has 0 saturated carbocycles. The lowest BCUT2D eigenvalue weighted by atomic mass is 9.92. The van der Waals surface area contributed by atoms with Gasteiger partial charge in [-0.25, -0.2) is 8.99 Å². The van der Waals surface area contributed by atoms with Crippen LogP contribution in [0.15, 0.2) is 17.2 Å². The highest BCUT2D eigenvalue weighted by Gasteiger charge is 2.16. The summed E-state index contributed by atoms with van der Waals surface area (Å²) in [6.45, 7) is 6.09. The Bertz CT molecular complexity index is 414. The van der Waals surface area contributed by atoms with Gasteiger partial charge < -0.3 is 0 Å². The van der Waals surface area contributed by atoms with E-state index < -0.39 is 9.73 Å². The van der Waals surface area contributed by atoms with Crippen molar-refractivity contribution in [2.75, 3.05) is 6.26 Å². The van der Waals surface area contributed by atoms with Crippen molar-refractivity contribution in [3.63, 3.8) is 0 Å². The minimum atomic E-state index is -2.74. The zero-order chi connectivity index (χ0) is 11.0. The summed E-state index contributed by atoms with van der Waals surface area (Å²) in [6, 6.07) is 3.39. The van der Waals surface area contributed by atoms with E-state index in [0.29, 0.717) is 0 Å². The van der Waals surface area contributed by atoms with Crippen LogP contribution in [0, 0.1) is 4.78 Å². The topological polar surface area (TPSA) is 66.7 Å². The molecule has 1 aromatic heterocycles. The highest BCUT2D eigenvalue weighted by Crippen LogP contribution is 2.19. The van der Waals surface area contributed by atoms with Gasteiger partial charge in [-0.3, -0.25) is 0 Å². The Morgan fingerprint density at radius 2 is 1.86 bits per heavy atom. The smallest absolute Gasteiger partial charge is 0.157 e. The molecule has 0 spiro atoms. The van der Waals surface area contributed by atoms with Crippen molar-refractivity contribution in [1.29, 1.82) is 4.78 Å². The molecule has 0 amide bonds. The van der Waals surface area contributed by atoms with Crippen molar-refractivity contribution in [2.24, 2.45) is 0 Å². The van der Waals surface area contributed by atoms with E-state index in [1.807, 2.05) is 20.8 Å². The molecular weight excluding hydrogens is 198 g/mol. The van der Waals surface area contributed by atoms with Crippen molar-refractivity contribution < 1.29 is 4.21 Å². The lowest BCUT2D eigenvalue weighted by molar-refractivity contribution is 0.553. The molecule has 1 rings (SSSR count). The van der Waals surface area contributed by atoms with Gasteiger partial charge in [0.25, 0.3) is 0 Å². The van der Waals surface area contributed by atoms with Gasteiger partial charge in [-0.1, -0.05) is 20.8 Å². The molecule has 5 heteroatoms. The minimum absolute atomic E-state index is 0.0673. The van der Waals surface area contributed by atoms with E-state index in [-0.39, 0.29) is 10.4 Å². The van der Waals surface area contributed by atoms with E-state index in [2.05, 4.69) is 10.2 Å². The summed E-state index contributed by atoms with van der Waals surface area (Å²) in [5.74, 6) is 0. The van der Waals surface area contributed by atoms with Crippen molar-refractivity contribution in [2.45, 2.75) is 31.2 Å². The predicted molar refractivity (Wildman–Crippen MR) is 55.8 cm³/mol. The molecule has 0 aliphatic heterocycles. The average Bonchev–Trinajstić information content (AvgIpc) is 2.01. The maximum absolute atomic E-state index is 11.3. The molecule has 0 radical (unpaired) electrons. The highest BCUT2D eigenvalue weighted by atomic mass is 32.2. The Labute approximate surface area is 84.7 Å². The number of nitrogens with one attached hydrogen (secondary N) is 1. The van der Waals surface area contributed by atoms with Gasteiger partial charge in [-0.2, -0.15) is 5.10 Å². The van der Waals surface area contributed by atoms with E-state index in [4.69, 9.17) is 4.78 Å². The summed E-state index contributed by atoms with van der Waals surface area (Å²) >= 11 is 0. The summed E-state index contributed by atoms with van der Waals surface area (Å²) in [4.78, 5) is 0. The Balaban J connectivity index is 3.14. The van der Waals surface area contributed by atoms with Crippen LogP contribution in [0.5, 0.6) is 0 Å². The summed E-state index contributed by atoms with van der Waals surface area (Å²) < 4.78 is 18.6. The molecular formula is C9H15N3OS. The molecule has 1 N–H and O–H groups in total. The van der Waals surface area contributed by atoms with Gasteiger partial charge in [0, 0.05) is 11.7 Å². The van der Waals surface area contributed by atoms with Crippen LogP contribution in [0.3, 0.4) is 0 Å². The van der Waals surface area contributed by atoms with Crippen LogP contribution < -0.4 is 0 Å². The molecule has 1 atom stereocenters. The maximum atomic E-state index is 11.3. The molecule has 0 aliphatic rings. The zero-order valence-corrected chi connectivity index (χ0v) is 9.68. The molecule has 0 aliphatic carbocycles. The Morgan fingerprint density at radius 1 is 1.29 bits per heavy atom. The third-order valence-electron chi connectivity index (χ3n) is 1.81. The number of hydrogen-bond donors (Lipinski definition) is 1. The largest absolute Gasteiger partial charge is 0.248 e. The lowest BCUT2D eigenvalue weighted by Crippen LogP contribution is -2.15. The minimum Gasteiger partial charge on any atom is -0.248 e. The first-order valence-corrected chi connectivity index (χ1v) is 6.26. The first-order chi connectivity index (χ1) is 6.21. The maximum Gasteiger partial charge on any atom is 0.157 e. The summed E-state index contributed by atoms with van der Waals surface area (Å²) in [5.41, 5.74) is 0.771. The monoisotopic (exact) mass is 213 g/mol. The van der Waals surface area contributed by atoms with Gasteiger partial charge in [0.1, 0.15) is 0 Å². The van der Waals surface area contributed by atoms with Crippen LogP contribution in [0.2, 0.25) is 0 Å². The van der Waals surface area contributed by atoms with Crippen molar-refractivity contribution in [1.82, 2.24) is 10.2 Å². The molecule has 0 bridgehead atoms.